The highest BCUT2D eigenvalue weighted by molar-refractivity contribution is 5.79. The molecule has 1 atom stereocenters. The molecule has 0 radical (unpaired) electrons. The molecule has 4 rings (SSSR count). The van der Waals surface area contributed by atoms with E-state index in [4.69, 9.17) is 14.5 Å². The molecule has 1 amide bonds. The largest absolute Gasteiger partial charge is 0.493 e. The van der Waals surface area contributed by atoms with Crippen LogP contribution in [0.5, 0.6) is 11.5 Å². The Morgan fingerprint density at radius 3 is 2.44 bits per heavy atom. The Balaban J connectivity index is 1.39. The van der Waals surface area contributed by atoms with Gasteiger partial charge in [0, 0.05) is 6.54 Å². The lowest BCUT2D eigenvalue weighted by molar-refractivity contribution is -0.121. The number of benzene rings is 3. The molecule has 0 saturated carbocycles. The van der Waals surface area contributed by atoms with Crippen molar-refractivity contribution in [1.29, 1.82) is 0 Å². The van der Waals surface area contributed by atoms with Gasteiger partial charge in [-0.2, -0.15) is 0 Å². The molecule has 1 aromatic heterocycles. The molecule has 4 aromatic rings. The van der Waals surface area contributed by atoms with Crippen molar-refractivity contribution in [2.75, 3.05) is 13.7 Å². The maximum Gasteiger partial charge on any atom is 0.224 e. The normalized spacial score (nSPS) is 11.8. The highest BCUT2D eigenvalue weighted by atomic mass is 16.5. The Kier molecular flexibility index (Phi) is 7.81. The lowest BCUT2D eigenvalue weighted by atomic mass is 10.1. The second kappa shape index (κ2) is 11.4. The molecule has 34 heavy (non-hydrogen) atoms. The Hall–Kier alpha value is -3.80. The van der Waals surface area contributed by atoms with E-state index in [1.54, 1.807) is 7.11 Å². The number of unbranched alkanes of at least 4 members (excludes halogenated alkanes) is 1. The number of methoxy groups -OCH3 is 1. The number of para-hydroxylation sites is 4. The first-order chi connectivity index (χ1) is 16.7. The number of hydrogen-bond donors (Lipinski definition) is 1. The first-order valence-electron chi connectivity index (χ1n) is 11.7. The summed E-state index contributed by atoms with van der Waals surface area (Å²) in [4.78, 5) is 17.5. The van der Waals surface area contributed by atoms with E-state index in [2.05, 4.69) is 16.0 Å². The molecule has 6 heteroatoms. The van der Waals surface area contributed by atoms with Gasteiger partial charge in [-0.1, -0.05) is 54.6 Å². The number of carbonyl (C=O) groups excluding carboxylic acids is 1. The van der Waals surface area contributed by atoms with E-state index in [9.17, 15) is 4.79 Å². The summed E-state index contributed by atoms with van der Waals surface area (Å²) in [5.41, 5.74) is 3.01. The highest BCUT2D eigenvalue weighted by Gasteiger charge is 2.18. The summed E-state index contributed by atoms with van der Waals surface area (Å²) in [5, 5.41) is 3.12. The van der Waals surface area contributed by atoms with Gasteiger partial charge in [0.05, 0.1) is 37.2 Å². The molecule has 1 heterocycles. The molecule has 1 unspecified atom stereocenters. The van der Waals surface area contributed by atoms with E-state index in [0.29, 0.717) is 13.0 Å². The zero-order valence-electron chi connectivity index (χ0n) is 19.7. The lowest BCUT2D eigenvalue weighted by Crippen LogP contribution is -2.30. The summed E-state index contributed by atoms with van der Waals surface area (Å²) in [6.07, 6.45) is 2.16. The Morgan fingerprint density at radius 2 is 1.65 bits per heavy atom. The summed E-state index contributed by atoms with van der Waals surface area (Å²) in [5.74, 6) is 2.36. The van der Waals surface area contributed by atoms with E-state index in [-0.39, 0.29) is 11.9 Å². The van der Waals surface area contributed by atoms with Crippen LogP contribution >= 0.6 is 0 Å². The minimum atomic E-state index is -0.201. The van der Waals surface area contributed by atoms with Crippen molar-refractivity contribution >= 4 is 16.9 Å². The molecule has 0 spiro atoms. The van der Waals surface area contributed by atoms with Gasteiger partial charge in [-0.05, 0) is 49.6 Å². The monoisotopic (exact) mass is 457 g/mol. The molecular weight excluding hydrogens is 426 g/mol. The van der Waals surface area contributed by atoms with Gasteiger partial charge in [0.1, 0.15) is 5.82 Å². The van der Waals surface area contributed by atoms with Gasteiger partial charge < -0.3 is 19.4 Å². The van der Waals surface area contributed by atoms with E-state index >= 15 is 0 Å². The SMILES string of the molecule is COc1ccccc1OCCCCn1c(C(C)NC(=O)Cc2ccccc2)nc2ccccc21. The number of fused-ring (bicyclic) bond motifs is 1. The fourth-order valence-electron chi connectivity index (χ4n) is 4.09. The van der Waals surface area contributed by atoms with E-state index in [1.165, 1.54) is 0 Å². The Labute approximate surface area is 200 Å². The number of hydrogen-bond acceptors (Lipinski definition) is 4. The van der Waals surface area contributed by atoms with Gasteiger partial charge in [0.15, 0.2) is 11.5 Å². The molecule has 1 N–H and O–H groups in total. The number of ether oxygens (including phenoxy) is 2. The molecule has 0 aliphatic heterocycles. The van der Waals surface area contributed by atoms with Gasteiger partial charge in [-0.3, -0.25) is 4.79 Å². The number of imidazole rings is 1. The number of aryl methyl sites for hydroxylation is 1. The number of carbonyl (C=O) groups is 1. The summed E-state index contributed by atoms with van der Waals surface area (Å²) < 4.78 is 13.5. The standard InChI is InChI=1S/C28H31N3O3/c1-21(29-27(32)20-22-12-4-3-5-13-22)28-30-23-14-6-7-15-24(23)31(28)18-10-11-19-34-26-17-9-8-16-25(26)33-2/h3-9,12-17,21H,10-11,18-20H2,1-2H3,(H,29,32). The maximum absolute atomic E-state index is 12.6. The molecule has 0 fully saturated rings. The third kappa shape index (κ3) is 5.76. The van der Waals surface area contributed by atoms with Crippen LogP contribution in [0.4, 0.5) is 0 Å². The topological polar surface area (TPSA) is 65.4 Å². The van der Waals surface area contributed by atoms with Crippen molar-refractivity contribution in [2.24, 2.45) is 0 Å². The summed E-state index contributed by atoms with van der Waals surface area (Å²) in [6, 6.07) is 25.4. The quantitative estimate of drug-likeness (QED) is 0.310. The first kappa shape index (κ1) is 23.4. The van der Waals surface area contributed by atoms with Crippen molar-refractivity contribution in [3.63, 3.8) is 0 Å². The van der Waals surface area contributed by atoms with Crippen LogP contribution < -0.4 is 14.8 Å². The van der Waals surface area contributed by atoms with Crippen LogP contribution in [0.1, 0.15) is 37.2 Å². The molecule has 0 aliphatic carbocycles. The Morgan fingerprint density at radius 1 is 0.941 bits per heavy atom. The lowest BCUT2D eigenvalue weighted by Gasteiger charge is -2.17. The van der Waals surface area contributed by atoms with E-state index in [1.807, 2.05) is 79.7 Å². The number of nitrogens with zero attached hydrogens (tertiary/aromatic N) is 2. The number of aromatic nitrogens is 2. The van der Waals surface area contributed by atoms with E-state index in [0.717, 1.165) is 53.3 Å². The van der Waals surface area contributed by atoms with Crippen LogP contribution in [0.2, 0.25) is 0 Å². The molecule has 176 valence electrons. The molecule has 0 aliphatic rings. The molecular formula is C28H31N3O3. The molecule has 6 nitrogen and oxygen atoms in total. The van der Waals surface area contributed by atoms with Crippen LogP contribution in [0.3, 0.4) is 0 Å². The minimum Gasteiger partial charge on any atom is -0.493 e. The second-order valence-corrected chi connectivity index (χ2v) is 8.27. The van der Waals surface area contributed by atoms with Crippen LogP contribution in [-0.2, 0) is 17.8 Å². The number of amides is 1. The zero-order chi connectivity index (χ0) is 23.8. The van der Waals surface area contributed by atoms with E-state index < -0.39 is 0 Å². The second-order valence-electron chi connectivity index (χ2n) is 8.27. The third-order valence-electron chi connectivity index (χ3n) is 5.76. The predicted molar refractivity (Wildman–Crippen MR) is 134 cm³/mol. The molecule has 0 saturated heterocycles. The van der Waals surface area contributed by atoms with Crippen molar-refractivity contribution in [1.82, 2.24) is 14.9 Å². The van der Waals surface area contributed by atoms with Gasteiger partial charge in [0.2, 0.25) is 5.91 Å². The summed E-state index contributed by atoms with van der Waals surface area (Å²) in [6.45, 7) is 3.39. The average molecular weight is 458 g/mol. The fraction of sp³-hybridized carbons (Fsp3) is 0.286. The highest BCUT2D eigenvalue weighted by Crippen LogP contribution is 2.26. The zero-order valence-corrected chi connectivity index (χ0v) is 19.7. The average Bonchev–Trinajstić information content (AvgIpc) is 3.23. The van der Waals surface area contributed by atoms with Crippen LogP contribution in [0.15, 0.2) is 78.9 Å². The predicted octanol–water partition coefficient (Wildman–Crippen LogP) is 5.32. The number of nitrogens with one attached hydrogen (secondary N) is 1. The third-order valence-corrected chi connectivity index (χ3v) is 5.76. The van der Waals surface area contributed by atoms with Crippen molar-refractivity contribution < 1.29 is 14.3 Å². The van der Waals surface area contributed by atoms with Crippen LogP contribution in [-0.4, -0.2) is 29.2 Å². The first-order valence-corrected chi connectivity index (χ1v) is 11.7. The number of rotatable bonds is 11. The Bertz CT molecular complexity index is 1220. The smallest absolute Gasteiger partial charge is 0.224 e. The van der Waals surface area contributed by atoms with Gasteiger partial charge in [-0.25, -0.2) is 4.98 Å². The maximum atomic E-state index is 12.6. The molecule has 3 aromatic carbocycles. The van der Waals surface area contributed by atoms with Gasteiger partial charge >= 0.3 is 0 Å². The van der Waals surface area contributed by atoms with Crippen LogP contribution in [0, 0.1) is 0 Å². The molecule has 0 bridgehead atoms. The van der Waals surface area contributed by atoms with Crippen LogP contribution in [0.25, 0.3) is 11.0 Å². The van der Waals surface area contributed by atoms with Crippen molar-refractivity contribution in [3.05, 3.63) is 90.3 Å². The summed E-state index contributed by atoms with van der Waals surface area (Å²) in [7, 11) is 1.65. The fourth-order valence-corrected chi connectivity index (χ4v) is 4.09. The van der Waals surface area contributed by atoms with Crippen molar-refractivity contribution in [2.45, 2.75) is 38.8 Å². The van der Waals surface area contributed by atoms with Gasteiger partial charge in [-0.15, -0.1) is 0 Å². The van der Waals surface area contributed by atoms with Crippen molar-refractivity contribution in [3.8, 4) is 11.5 Å². The minimum absolute atomic E-state index is 0.0116. The van der Waals surface area contributed by atoms with Gasteiger partial charge in [0.25, 0.3) is 0 Å². The summed E-state index contributed by atoms with van der Waals surface area (Å²) >= 11 is 0.